The fraction of sp³-hybridized carbons (Fsp3) is 0.136. The lowest BCUT2D eigenvalue weighted by molar-refractivity contribution is 0.0951. The van der Waals surface area contributed by atoms with Crippen LogP contribution in [0, 0.1) is 0 Å². The topological polar surface area (TPSA) is 97.8 Å². The lowest BCUT2D eigenvalue weighted by Gasteiger charge is -2.12. The highest BCUT2D eigenvalue weighted by Gasteiger charge is 2.15. The van der Waals surface area contributed by atoms with Gasteiger partial charge in [0.2, 0.25) is 5.75 Å². The minimum Gasteiger partial charge on any atom is -0.493 e. The highest BCUT2D eigenvalue weighted by atomic mass is 79.9. The predicted molar refractivity (Wildman–Crippen MR) is 128 cm³/mol. The molecule has 0 aliphatic rings. The van der Waals surface area contributed by atoms with E-state index in [0.29, 0.717) is 22.8 Å². The monoisotopic (exact) mass is 514 g/mol. The molecular weight excluding hydrogens is 496 g/mol. The number of ether oxygens (including phenoxy) is 3. The molecule has 0 saturated carbocycles. The first-order valence-corrected chi connectivity index (χ1v) is 11.1. The molecule has 2 aromatic carbocycles. The van der Waals surface area contributed by atoms with E-state index in [9.17, 15) is 4.79 Å². The Bertz CT molecular complexity index is 1290. The Morgan fingerprint density at radius 3 is 2.59 bits per heavy atom. The number of rotatable bonds is 7. The van der Waals surface area contributed by atoms with Crippen LogP contribution in [-0.2, 0) is 0 Å². The molecule has 0 aliphatic heterocycles. The molecule has 0 radical (unpaired) electrons. The van der Waals surface area contributed by atoms with Crippen LogP contribution in [0.4, 0.5) is 0 Å². The molecule has 2 N–H and O–H groups in total. The summed E-state index contributed by atoms with van der Waals surface area (Å²) >= 11 is 4.89. The summed E-state index contributed by atoms with van der Waals surface area (Å²) < 4.78 is 16.9. The summed E-state index contributed by atoms with van der Waals surface area (Å²) in [5, 5.41) is 7.51. The Hall–Kier alpha value is -3.37. The average Bonchev–Trinajstić information content (AvgIpc) is 3.45. The van der Waals surface area contributed by atoms with Crippen molar-refractivity contribution in [2.45, 2.75) is 0 Å². The van der Waals surface area contributed by atoms with Crippen molar-refractivity contribution in [3.63, 3.8) is 0 Å². The maximum Gasteiger partial charge on any atom is 0.290 e. The van der Waals surface area contributed by atoms with Gasteiger partial charge in [-0.05, 0) is 30.3 Å². The van der Waals surface area contributed by atoms with Gasteiger partial charge in [0.15, 0.2) is 11.5 Å². The van der Waals surface area contributed by atoms with Crippen LogP contribution in [-0.4, -0.2) is 43.4 Å². The van der Waals surface area contributed by atoms with Crippen LogP contribution in [0.3, 0.4) is 0 Å². The molecule has 32 heavy (non-hydrogen) atoms. The van der Waals surface area contributed by atoms with Gasteiger partial charge in [-0.1, -0.05) is 15.9 Å². The number of amides is 1. The Morgan fingerprint density at radius 1 is 1.16 bits per heavy atom. The number of benzene rings is 2. The quantitative estimate of drug-likeness (QED) is 0.271. The van der Waals surface area contributed by atoms with E-state index in [4.69, 9.17) is 14.2 Å². The van der Waals surface area contributed by atoms with E-state index in [2.05, 4.69) is 36.4 Å². The molecule has 164 valence electrons. The molecule has 0 atom stereocenters. The van der Waals surface area contributed by atoms with Crippen molar-refractivity contribution in [3.8, 4) is 27.8 Å². The van der Waals surface area contributed by atoms with E-state index in [1.165, 1.54) is 38.9 Å². The summed E-state index contributed by atoms with van der Waals surface area (Å²) in [6.45, 7) is 0. The van der Waals surface area contributed by atoms with Gasteiger partial charge in [-0.15, -0.1) is 11.3 Å². The first-order chi connectivity index (χ1) is 15.5. The summed E-state index contributed by atoms with van der Waals surface area (Å²) in [4.78, 5) is 20.2. The van der Waals surface area contributed by atoms with Crippen molar-refractivity contribution >= 4 is 50.3 Å². The smallest absolute Gasteiger partial charge is 0.290 e. The summed E-state index contributed by atoms with van der Waals surface area (Å²) in [5.41, 5.74) is 5.40. The fourth-order valence-electron chi connectivity index (χ4n) is 3.17. The standard InChI is InChI=1S/C22H19BrN4O4S/c1-29-18-6-12(7-19(30-2)20(18)31-3)9-25-27-21(28)17-11-32-22(26-17)15-10-24-16-5-4-13(23)8-14(15)16/h4-11,24H,1-3H3,(H,27,28). The Balaban J connectivity index is 1.50. The second-order valence-corrected chi connectivity index (χ2v) is 8.36. The van der Waals surface area contributed by atoms with E-state index in [1.54, 1.807) is 17.5 Å². The van der Waals surface area contributed by atoms with Crippen molar-refractivity contribution in [1.29, 1.82) is 0 Å². The third kappa shape index (κ3) is 4.32. The zero-order valence-corrected chi connectivity index (χ0v) is 19.8. The SMILES string of the molecule is COc1cc(C=NNC(=O)c2csc(-c3c[nH]c4ccc(Br)cc34)n2)cc(OC)c1OC. The molecular formula is C22H19BrN4O4S. The molecule has 2 heterocycles. The predicted octanol–water partition coefficient (Wildman–Crippen LogP) is 4.84. The molecule has 8 nitrogen and oxygen atoms in total. The number of aromatic amines is 1. The summed E-state index contributed by atoms with van der Waals surface area (Å²) in [5.74, 6) is 1.07. The number of fused-ring (bicyclic) bond motifs is 1. The molecule has 4 aromatic rings. The number of hydrogen-bond donors (Lipinski definition) is 2. The van der Waals surface area contributed by atoms with E-state index in [-0.39, 0.29) is 5.69 Å². The molecule has 0 unspecified atom stereocenters. The number of carbonyl (C=O) groups excluding carboxylic acids is 1. The second-order valence-electron chi connectivity index (χ2n) is 6.59. The van der Waals surface area contributed by atoms with Gasteiger partial charge >= 0.3 is 0 Å². The van der Waals surface area contributed by atoms with Gasteiger partial charge in [0.1, 0.15) is 10.7 Å². The van der Waals surface area contributed by atoms with Crippen LogP contribution < -0.4 is 19.6 Å². The highest BCUT2D eigenvalue weighted by molar-refractivity contribution is 9.10. The minimum absolute atomic E-state index is 0.288. The largest absolute Gasteiger partial charge is 0.493 e. The number of nitrogens with one attached hydrogen (secondary N) is 2. The van der Waals surface area contributed by atoms with Crippen LogP contribution in [0.25, 0.3) is 21.5 Å². The zero-order chi connectivity index (χ0) is 22.7. The van der Waals surface area contributed by atoms with Gasteiger partial charge in [-0.25, -0.2) is 10.4 Å². The van der Waals surface area contributed by atoms with Gasteiger partial charge in [-0.3, -0.25) is 4.79 Å². The van der Waals surface area contributed by atoms with Crippen molar-refractivity contribution < 1.29 is 19.0 Å². The fourth-order valence-corrected chi connectivity index (χ4v) is 4.36. The van der Waals surface area contributed by atoms with Crippen molar-refractivity contribution in [2.75, 3.05) is 21.3 Å². The molecule has 4 rings (SSSR count). The molecule has 0 aliphatic carbocycles. The minimum atomic E-state index is -0.405. The first kappa shape index (κ1) is 21.8. The zero-order valence-electron chi connectivity index (χ0n) is 17.4. The van der Waals surface area contributed by atoms with Crippen molar-refractivity contribution in [1.82, 2.24) is 15.4 Å². The van der Waals surface area contributed by atoms with E-state index in [1.807, 2.05) is 24.4 Å². The third-order valence-electron chi connectivity index (χ3n) is 4.68. The van der Waals surface area contributed by atoms with E-state index < -0.39 is 5.91 Å². The van der Waals surface area contributed by atoms with Crippen LogP contribution in [0.1, 0.15) is 16.1 Å². The lowest BCUT2D eigenvalue weighted by Crippen LogP contribution is -2.17. The van der Waals surface area contributed by atoms with Crippen LogP contribution in [0.2, 0.25) is 0 Å². The molecule has 0 saturated heterocycles. The molecule has 0 spiro atoms. The number of carbonyl (C=O) groups is 1. The number of H-pyrrole nitrogens is 1. The number of thiazole rings is 1. The lowest BCUT2D eigenvalue weighted by atomic mass is 10.2. The van der Waals surface area contributed by atoms with Gasteiger partial charge in [0, 0.05) is 38.1 Å². The number of nitrogens with zero attached hydrogens (tertiary/aromatic N) is 2. The van der Waals surface area contributed by atoms with Gasteiger partial charge in [-0.2, -0.15) is 5.10 Å². The number of hydrazone groups is 1. The van der Waals surface area contributed by atoms with Crippen molar-refractivity contribution in [2.24, 2.45) is 5.10 Å². The number of halogens is 1. The van der Waals surface area contributed by atoms with E-state index >= 15 is 0 Å². The Labute approximate surface area is 196 Å². The first-order valence-electron chi connectivity index (χ1n) is 9.40. The summed E-state index contributed by atoms with van der Waals surface area (Å²) in [7, 11) is 4.60. The normalized spacial score (nSPS) is 11.1. The molecule has 0 bridgehead atoms. The molecule has 2 aromatic heterocycles. The van der Waals surface area contributed by atoms with Gasteiger partial charge in [0.05, 0.1) is 27.5 Å². The third-order valence-corrected chi connectivity index (χ3v) is 6.05. The van der Waals surface area contributed by atoms with E-state index in [0.717, 1.165) is 25.9 Å². The Kier molecular flexibility index (Phi) is 6.42. The number of aromatic nitrogens is 2. The Morgan fingerprint density at radius 2 is 1.91 bits per heavy atom. The molecule has 10 heteroatoms. The summed E-state index contributed by atoms with van der Waals surface area (Å²) in [6, 6.07) is 9.43. The number of methoxy groups -OCH3 is 3. The van der Waals surface area contributed by atoms with Gasteiger partial charge < -0.3 is 19.2 Å². The molecule has 0 fully saturated rings. The molecule has 1 amide bonds. The number of hydrogen-bond acceptors (Lipinski definition) is 7. The van der Waals surface area contributed by atoms with Crippen LogP contribution in [0.5, 0.6) is 17.2 Å². The van der Waals surface area contributed by atoms with Crippen molar-refractivity contribution in [3.05, 3.63) is 57.6 Å². The van der Waals surface area contributed by atoms with Gasteiger partial charge in [0.25, 0.3) is 5.91 Å². The summed E-state index contributed by atoms with van der Waals surface area (Å²) in [6.07, 6.45) is 3.38. The maximum absolute atomic E-state index is 12.5. The van der Waals surface area contributed by atoms with Crippen LogP contribution in [0.15, 0.2) is 51.5 Å². The average molecular weight is 515 g/mol. The van der Waals surface area contributed by atoms with Crippen LogP contribution >= 0.6 is 27.3 Å². The highest BCUT2D eigenvalue weighted by Crippen LogP contribution is 2.37. The maximum atomic E-state index is 12.5. The second kappa shape index (κ2) is 9.41.